The summed E-state index contributed by atoms with van der Waals surface area (Å²) in [6.45, 7) is 4.55. The van der Waals surface area contributed by atoms with Crippen molar-refractivity contribution in [2.75, 3.05) is 7.05 Å². The first kappa shape index (κ1) is 11.5. The molecular weight excluding hydrogens is 218 g/mol. The van der Waals surface area contributed by atoms with E-state index in [0.29, 0.717) is 5.92 Å². The van der Waals surface area contributed by atoms with Gasteiger partial charge in [-0.25, -0.2) is 0 Å². The lowest BCUT2D eigenvalue weighted by Crippen LogP contribution is -2.42. The van der Waals surface area contributed by atoms with Crippen molar-refractivity contribution >= 4 is 0 Å². The smallest absolute Gasteiger partial charge is 0.0278 e. The van der Waals surface area contributed by atoms with Gasteiger partial charge < -0.3 is 5.32 Å². The van der Waals surface area contributed by atoms with Crippen LogP contribution in [0, 0.1) is 0 Å². The van der Waals surface area contributed by atoms with Gasteiger partial charge in [0, 0.05) is 11.5 Å². The molecule has 0 heterocycles. The quantitative estimate of drug-likeness (QED) is 0.837. The molecule has 1 heteroatoms. The highest BCUT2D eigenvalue weighted by atomic mass is 14.9. The average molecular weight is 237 g/mol. The molecule has 92 valence electrons. The highest BCUT2D eigenvalue weighted by Crippen LogP contribution is 2.48. The Bertz CT molecular complexity index is 538. The average Bonchev–Trinajstić information content (AvgIpc) is 2.74. The Labute approximate surface area is 109 Å². The molecule has 0 atom stereocenters. The molecule has 1 nitrogen and oxygen atoms in total. The Hall–Kier alpha value is -1.60. The molecule has 0 amide bonds. The molecule has 0 saturated heterocycles. The van der Waals surface area contributed by atoms with Crippen molar-refractivity contribution < 1.29 is 0 Å². The van der Waals surface area contributed by atoms with Crippen molar-refractivity contribution in [3.05, 3.63) is 59.7 Å². The first-order valence-electron chi connectivity index (χ1n) is 6.52. The third-order valence-corrected chi connectivity index (χ3v) is 4.20. The minimum absolute atomic E-state index is 0.0582. The maximum absolute atomic E-state index is 3.47. The number of rotatable bonds is 2. The molecule has 2 aromatic rings. The summed E-state index contributed by atoms with van der Waals surface area (Å²) in [5, 5.41) is 3.47. The molecule has 2 aromatic carbocycles. The summed E-state index contributed by atoms with van der Waals surface area (Å²) in [7, 11) is 2.05. The van der Waals surface area contributed by atoms with Gasteiger partial charge in [-0.15, -0.1) is 0 Å². The van der Waals surface area contributed by atoms with E-state index in [1.54, 1.807) is 0 Å². The van der Waals surface area contributed by atoms with Gasteiger partial charge >= 0.3 is 0 Å². The zero-order chi connectivity index (χ0) is 12.8. The first-order chi connectivity index (χ1) is 8.65. The van der Waals surface area contributed by atoms with Crippen LogP contribution in [0.3, 0.4) is 0 Å². The summed E-state index contributed by atoms with van der Waals surface area (Å²) in [6.07, 6.45) is 0. The molecule has 3 rings (SSSR count). The minimum atomic E-state index is 0.0582. The predicted octanol–water partition coefficient (Wildman–Crippen LogP) is 3.80. The molecule has 18 heavy (non-hydrogen) atoms. The highest BCUT2D eigenvalue weighted by Gasteiger charge is 2.37. The van der Waals surface area contributed by atoms with Gasteiger partial charge in [0.25, 0.3) is 0 Å². The zero-order valence-electron chi connectivity index (χ0n) is 11.2. The van der Waals surface area contributed by atoms with Gasteiger partial charge in [-0.2, -0.15) is 0 Å². The second-order valence-electron chi connectivity index (χ2n) is 5.58. The summed E-state index contributed by atoms with van der Waals surface area (Å²) in [5.41, 5.74) is 5.72. The third kappa shape index (κ3) is 1.51. The summed E-state index contributed by atoms with van der Waals surface area (Å²) < 4.78 is 0. The third-order valence-electron chi connectivity index (χ3n) is 4.20. The van der Waals surface area contributed by atoms with Crippen LogP contribution in [0.4, 0.5) is 0 Å². The van der Waals surface area contributed by atoms with Gasteiger partial charge in [0.05, 0.1) is 0 Å². The van der Waals surface area contributed by atoms with Crippen LogP contribution in [-0.2, 0) is 0 Å². The summed E-state index contributed by atoms with van der Waals surface area (Å²) >= 11 is 0. The molecule has 1 aliphatic carbocycles. The normalized spacial score (nSPS) is 14.4. The Morgan fingerprint density at radius 2 is 1.28 bits per heavy atom. The van der Waals surface area contributed by atoms with Crippen molar-refractivity contribution in [3.63, 3.8) is 0 Å². The highest BCUT2D eigenvalue weighted by molar-refractivity contribution is 5.79. The lowest BCUT2D eigenvalue weighted by Gasteiger charge is -2.33. The second-order valence-corrected chi connectivity index (χ2v) is 5.58. The van der Waals surface area contributed by atoms with Crippen LogP contribution in [0.25, 0.3) is 11.1 Å². The fraction of sp³-hybridized carbons (Fsp3) is 0.294. The van der Waals surface area contributed by atoms with E-state index in [4.69, 9.17) is 0 Å². The number of hydrogen-bond donors (Lipinski definition) is 1. The van der Waals surface area contributed by atoms with Crippen LogP contribution in [0.2, 0.25) is 0 Å². The van der Waals surface area contributed by atoms with E-state index in [9.17, 15) is 0 Å². The molecule has 0 fully saturated rings. The molecular formula is C17H19N. The predicted molar refractivity (Wildman–Crippen MR) is 76.9 cm³/mol. The van der Waals surface area contributed by atoms with Crippen LogP contribution < -0.4 is 5.32 Å². The Morgan fingerprint density at radius 3 is 1.72 bits per heavy atom. The van der Waals surface area contributed by atoms with E-state index < -0.39 is 0 Å². The van der Waals surface area contributed by atoms with Crippen LogP contribution >= 0.6 is 0 Å². The summed E-state index contributed by atoms with van der Waals surface area (Å²) in [5.74, 6) is 0.426. The number of benzene rings is 2. The SMILES string of the molecule is CNC(C)(C)C1c2ccccc2-c2ccccc21. The second kappa shape index (κ2) is 3.96. The van der Waals surface area contributed by atoms with E-state index in [0.717, 1.165) is 0 Å². The van der Waals surface area contributed by atoms with E-state index in [-0.39, 0.29) is 5.54 Å². The Morgan fingerprint density at radius 1 is 0.833 bits per heavy atom. The first-order valence-corrected chi connectivity index (χ1v) is 6.52. The Balaban J connectivity index is 2.27. The maximum atomic E-state index is 3.47. The van der Waals surface area contributed by atoms with E-state index >= 15 is 0 Å². The molecule has 0 radical (unpaired) electrons. The van der Waals surface area contributed by atoms with Gasteiger partial charge in [0.1, 0.15) is 0 Å². The van der Waals surface area contributed by atoms with Crippen molar-refractivity contribution in [2.24, 2.45) is 0 Å². The lowest BCUT2D eigenvalue weighted by molar-refractivity contribution is 0.381. The minimum Gasteiger partial charge on any atom is -0.314 e. The number of fused-ring (bicyclic) bond motifs is 3. The molecule has 1 N–H and O–H groups in total. The van der Waals surface area contributed by atoms with Crippen LogP contribution in [0.5, 0.6) is 0 Å². The van der Waals surface area contributed by atoms with Crippen molar-refractivity contribution in [2.45, 2.75) is 25.3 Å². The largest absolute Gasteiger partial charge is 0.314 e. The molecule has 0 bridgehead atoms. The van der Waals surface area contributed by atoms with Crippen LogP contribution in [-0.4, -0.2) is 12.6 Å². The van der Waals surface area contributed by atoms with Crippen molar-refractivity contribution in [1.82, 2.24) is 5.32 Å². The maximum Gasteiger partial charge on any atom is 0.0278 e. The van der Waals surface area contributed by atoms with Gasteiger partial charge in [-0.3, -0.25) is 0 Å². The Kier molecular flexibility index (Phi) is 2.53. The topological polar surface area (TPSA) is 12.0 Å². The zero-order valence-corrected chi connectivity index (χ0v) is 11.2. The van der Waals surface area contributed by atoms with Crippen LogP contribution in [0.15, 0.2) is 48.5 Å². The summed E-state index contributed by atoms with van der Waals surface area (Å²) in [6, 6.07) is 17.5. The molecule has 0 spiro atoms. The molecule has 0 saturated carbocycles. The van der Waals surface area contributed by atoms with E-state index in [1.807, 2.05) is 7.05 Å². The monoisotopic (exact) mass is 237 g/mol. The van der Waals surface area contributed by atoms with Gasteiger partial charge in [0.15, 0.2) is 0 Å². The van der Waals surface area contributed by atoms with Crippen molar-refractivity contribution in [3.8, 4) is 11.1 Å². The summed E-state index contributed by atoms with van der Waals surface area (Å²) in [4.78, 5) is 0. The molecule has 0 aliphatic heterocycles. The van der Waals surface area contributed by atoms with E-state index in [2.05, 4.69) is 67.7 Å². The van der Waals surface area contributed by atoms with Gasteiger partial charge in [-0.05, 0) is 43.1 Å². The van der Waals surface area contributed by atoms with Gasteiger partial charge in [0.2, 0.25) is 0 Å². The van der Waals surface area contributed by atoms with Crippen molar-refractivity contribution in [1.29, 1.82) is 0 Å². The standard InChI is InChI=1S/C17H19N/c1-17(2,18-3)16-14-10-6-4-8-12(14)13-9-5-7-11-15(13)16/h4-11,16,18H,1-3H3. The van der Waals surface area contributed by atoms with E-state index in [1.165, 1.54) is 22.3 Å². The number of hydrogen-bond acceptors (Lipinski definition) is 1. The van der Waals surface area contributed by atoms with Gasteiger partial charge in [-0.1, -0.05) is 48.5 Å². The lowest BCUT2D eigenvalue weighted by atomic mass is 9.80. The number of likely N-dealkylation sites (N-methyl/N-ethyl adjacent to an activating group) is 1. The van der Waals surface area contributed by atoms with Crippen LogP contribution in [0.1, 0.15) is 30.9 Å². The fourth-order valence-electron chi connectivity index (χ4n) is 3.08. The molecule has 0 aromatic heterocycles. The fourth-order valence-corrected chi connectivity index (χ4v) is 3.08. The molecule has 1 aliphatic rings. The molecule has 0 unspecified atom stereocenters. The number of nitrogens with one attached hydrogen (secondary N) is 1.